The van der Waals surface area contributed by atoms with Crippen molar-refractivity contribution in [1.29, 1.82) is 0 Å². The van der Waals surface area contributed by atoms with Crippen LogP contribution in [0.5, 0.6) is 5.75 Å². The van der Waals surface area contributed by atoms with Gasteiger partial charge in [0.25, 0.3) is 5.56 Å². The summed E-state index contributed by atoms with van der Waals surface area (Å²) in [7, 11) is 3.33. The highest BCUT2D eigenvalue weighted by molar-refractivity contribution is 6.16. The monoisotopic (exact) mass is 416 g/mol. The zero-order valence-electron chi connectivity index (χ0n) is 17.8. The maximum Gasteiger partial charge on any atom is 0.250 e. The van der Waals surface area contributed by atoms with Crippen LogP contribution < -0.4 is 15.6 Å². The molecule has 0 bridgehead atoms. The topological polar surface area (TPSA) is 85.6 Å². The highest BCUT2D eigenvalue weighted by Gasteiger charge is 2.28. The molecule has 2 aromatic heterocycles. The normalized spacial score (nSPS) is 14.7. The Hall–Kier alpha value is -3.74. The van der Waals surface area contributed by atoms with Crippen LogP contribution in [0.2, 0.25) is 0 Å². The van der Waals surface area contributed by atoms with E-state index < -0.39 is 6.04 Å². The van der Waals surface area contributed by atoms with Crippen LogP contribution in [0.1, 0.15) is 36.2 Å². The number of hydrogen-bond donors (Lipinski definition) is 1. The zero-order chi connectivity index (χ0) is 22.0. The molecule has 0 saturated carbocycles. The van der Waals surface area contributed by atoms with E-state index in [-0.39, 0.29) is 17.9 Å². The maximum atomic E-state index is 12.5. The summed E-state index contributed by atoms with van der Waals surface area (Å²) in [6, 6.07) is 12.5. The lowest BCUT2D eigenvalue weighted by molar-refractivity contribution is -0.121. The first-order valence-corrected chi connectivity index (χ1v) is 10.2. The number of benzene rings is 1. The van der Waals surface area contributed by atoms with Gasteiger partial charge in [-0.15, -0.1) is 0 Å². The number of ether oxygens (including phenoxy) is 1. The van der Waals surface area contributed by atoms with Crippen LogP contribution in [0, 0.1) is 0 Å². The number of carbonyl (C=O) groups is 1. The molecule has 4 rings (SSSR count). The lowest BCUT2D eigenvalue weighted by atomic mass is 9.92. The molecule has 7 heteroatoms. The molecule has 1 amide bonds. The van der Waals surface area contributed by atoms with Crippen molar-refractivity contribution in [2.75, 3.05) is 13.7 Å². The third-order valence-corrected chi connectivity index (χ3v) is 5.34. The van der Waals surface area contributed by atoms with Crippen molar-refractivity contribution in [3.05, 3.63) is 82.0 Å². The molecule has 7 nitrogen and oxygen atoms in total. The lowest BCUT2D eigenvalue weighted by Gasteiger charge is -2.16. The molecule has 0 radical (unpaired) electrons. The van der Waals surface area contributed by atoms with Gasteiger partial charge in [-0.25, -0.2) is 0 Å². The highest BCUT2D eigenvalue weighted by Crippen LogP contribution is 2.39. The molecule has 0 saturated heterocycles. The number of aliphatic imine (C=N–C) groups is 1. The zero-order valence-corrected chi connectivity index (χ0v) is 17.8. The quantitative estimate of drug-likeness (QED) is 0.693. The van der Waals surface area contributed by atoms with Gasteiger partial charge >= 0.3 is 0 Å². The number of aromatic nitrogens is 2. The number of aryl methyl sites for hydroxylation is 1. The van der Waals surface area contributed by atoms with Crippen LogP contribution in [0.4, 0.5) is 0 Å². The van der Waals surface area contributed by atoms with Gasteiger partial charge in [0.2, 0.25) is 5.91 Å². The van der Waals surface area contributed by atoms with Crippen LogP contribution in [-0.2, 0) is 11.8 Å². The Balaban J connectivity index is 2.02. The van der Waals surface area contributed by atoms with Crippen LogP contribution in [0.15, 0.2) is 64.6 Å². The average Bonchev–Trinajstić information content (AvgIpc) is 2.90. The number of fused-ring (bicyclic) bond motifs is 3. The number of hydrogen-bond acceptors (Lipinski definition) is 5. The Kier molecular flexibility index (Phi) is 5.66. The van der Waals surface area contributed by atoms with Gasteiger partial charge in [-0.1, -0.05) is 6.07 Å². The summed E-state index contributed by atoms with van der Waals surface area (Å²) < 4.78 is 7.01. The van der Waals surface area contributed by atoms with Crippen molar-refractivity contribution < 1.29 is 9.53 Å². The molecule has 158 valence electrons. The molecular weight excluding hydrogens is 392 g/mol. The summed E-state index contributed by atoms with van der Waals surface area (Å²) >= 11 is 0. The first-order valence-electron chi connectivity index (χ1n) is 10.2. The standard InChI is InChI=1S/C24H24N4O3/c1-4-25-22(29)13-21-17-12-23(30)28(2)14-19(17)16-9-8-15(31-3)11-18(16)24(27-21)20-7-5-6-10-26-20/h5-12,14,21H,4,13H2,1-3H3,(H,25,29). The third-order valence-electron chi connectivity index (χ3n) is 5.34. The number of nitrogens with one attached hydrogen (secondary N) is 1. The van der Waals surface area contributed by atoms with Crippen molar-refractivity contribution in [2.24, 2.45) is 12.0 Å². The van der Waals surface area contributed by atoms with Crippen LogP contribution in [0.3, 0.4) is 0 Å². The number of methoxy groups -OCH3 is 1. The molecule has 31 heavy (non-hydrogen) atoms. The molecule has 0 fully saturated rings. The van der Waals surface area contributed by atoms with Gasteiger partial charge in [-0.3, -0.25) is 19.6 Å². The number of nitrogens with zero attached hydrogens (tertiary/aromatic N) is 3. The predicted octanol–water partition coefficient (Wildman–Crippen LogP) is 2.87. The first kappa shape index (κ1) is 20.5. The van der Waals surface area contributed by atoms with Crippen LogP contribution in [-0.4, -0.2) is 34.8 Å². The largest absolute Gasteiger partial charge is 0.497 e. The second-order valence-electron chi connectivity index (χ2n) is 7.37. The van der Waals surface area contributed by atoms with Gasteiger partial charge in [0.05, 0.1) is 31.0 Å². The molecule has 0 aliphatic carbocycles. The number of amides is 1. The first-order chi connectivity index (χ1) is 15.0. The second kappa shape index (κ2) is 8.55. The summed E-state index contributed by atoms with van der Waals surface area (Å²) in [6.45, 7) is 2.41. The molecule has 1 unspecified atom stereocenters. The Morgan fingerprint density at radius 3 is 2.71 bits per heavy atom. The van der Waals surface area contributed by atoms with E-state index >= 15 is 0 Å². The summed E-state index contributed by atoms with van der Waals surface area (Å²) in [5.41, 5.74) is 4.56. The summed E-state index contributed by atoms with van der Waals surface area (Å²) in [6.07, 6.45) is 3.66. The fourth-order valence-electron chi connectivity index (χ4n) is 3.83. The van der Waals surface area contributed by atoms with E-state index in [1.165, 1.54) is 0 Å². The van der Waals surface area contributed by atoms with Gasteiger partial charge in [-0.05, 0) is 48.4 Å². The molecule has 1 aromatic carbocycles. The van der Waals surface area contributed by atoms with Gasteiger partial charge in [-0.2, -0.15) is 0 Å². The van der Waals surface area contributed by atoms with Gasteiger partial charge in [0.15, 0.2) is 0 Å². The van der Waals surface area contributed by atoms with E-state index in [0.29, 0.717) is 23.7 Å². The van der Waals surface area contributed by atoms with E-state index in [2.05, 4.69) is 10.3 Å². The Bertz CT molecular complexity index is 1220. The second-order valence-corrected chi connectivity index (χ2v) is 7.37. The summed E-state index contributed by atoms with van der Waals surface area (Å²) in [5, 5.41) is 2.84. The molecule has 3 aromatic rings. The van der Waals surface area contributed by atoms with Crippen molar-refractivity contribution in [1.82, 2.24) is 14.9 Å². The Morgan fingerprint density at radius 1 is 1.16 bits per heavy atom. The highest BCUT2D eigenvalue weighted by atomic mass is 16.5. The van der Waals surface area contributed by atoms with Crippen LogP contribution >= 0.6 is 0 Å². The minimum atomic E-state index is -0.522. The fraction of sp³-hybridized carbons (Fsp3) is 0.250. The fourth-order valence-corrected chi connectivity index (χ4v) is 3.83. The molecule has 1 atom stereocenters. The smallest absolute Gasteiger partial charge is 0.250 e. The van der Waals surface area contributed by atoms with Gasteiger partial charge in [0, 0.05) is 43.2 Å². The molecule has 1 N–H and O–H groups in total. The van der Waals surface area contributed by atoms with Crippen molar-refractivity contribution in [3.63, 3.8) is 0 Å². The predicted molar refractivity (Wildman–Crippen MR) is 120 cm³/mol. The third kappa shape index (κ3) is 3.99. The lowest BCUT2D eigenvalue weighted by Crippen LogP contribution is -2.25. The number of carbonyl (C=O) groups excluding carboxylic acids is 1. The maximum absolute atomic E-state index is 12.5. The Morgan fingerprint density at radius 2 is 2.00 bits per heavy atom. The van der Waals surface area contributed by atoms with Crippen molar-refractivity contribution >= 4 is 11.6 Å². The van der Waals surface area contributed by atoms with E-state index in [1.807, 2.05) is 49.5 Å². The van der Waals surface area contributed by atoms with E-state index in [9.17, 15) is 9.59 Å². The number of pyridine rings is 2. The summed E-state index contributed by atoms with van der Waals surface area (Å²) in [5.74, 6) is 0.572. The van der Waals surface area contributed by atoms with E-state index in [1.54, 1.807) is 31.0 Å². The molecule has 1 aliphatic rings. The van der Waals surface area contributed by atoms with Crippen LogP contribution in [0.25, 0.3) is 11.1 Å². The molecular formula is C24H24N4O3. The van der Waals surface area contributed by atoms with Gasteiger partial charge in [0.1, 0.15) is 5.75 Å². The average molecular weight is 416 g/mol. The minimum absolute atomic E-state index is 0.119. The molecule has 0 spiro atoms. The number of rotatable bonds is 5. The summed E-state index contributed by atoms with van der Waals surface area (Å²) in [4.78, 5) is 34.5. The van der Waals surface area contributed by atoms with Crippen molar-refractivity contribution in [2.45, 2.75) is 19.4 Å². The van der Waals surface area contributed by atoms with E-state index in [4.69, 9.17) is 9.73 Å². The van der Waals surface area contributed by atoms with Gasteiger partial charge < -0.3 is 14.6 Å². The van der Waals surface area contributed by atoms with E-state index in [0.717, 1.165) is 22.3 Å². The molecule has 1 aliphatic heterocycles. The SMILES string of the molecule is CCNC(=O)CC1N=C(c2ccccn2)c2cc(OC)ccc2-c2cn(C)c(=O)cc21. The minimum Gasteiger partial charge on any atom is -0.497 e. The van der Waals surface area contributed by atoms with Crippen molar-refractivity contribution in [3.8, 4) is 16.9 Å². The Labute approximate surface area is 180 Å². The molecule has 3 heterocycles.